The molecule has 0 amide bonds. The Labute approximate surface area is 197 Å². The predicted octanol–water partition coefficient (Wildman–Crippen LogP) is 0.0671. The number of phenolic OH excluding ortho intramolecular Hbond substituents is 2. The van der Waals surface area contributed by atoms with E-state index in [1.807, 2.05) is 0 Å². The van der Waals surface area contributed by atoms with Gasteiger partial charge in [-0.1, -0.05) is 0 Å². The van der Waals surface area contributed by atoms with E-state index in [4.69, 9.17) is 23.4 Å². The molecule has 0 spiro atoms. The van der Waals surface area contributed by atoms with Crippen LogP contribution >= 0.6 is 0 Å². The smallest absolute Gasteiger partial charge is 0.229 e. The minimum absolute atomic E-state index is 0.0174. The lowest BCUT2D eigenvalue weighted by Gasteiger charge is -2.39. The lowest BCUT2D eigenvalue weighted by atomic mass is 9.99. The van der Waals surface area contributed by atoms with Gasteiger partial charge >= 0.3 is 0 Å². The second-order valence-electron chi connectivity index (χ2n) is 7.81. The summed E-state index contributed by atoms with van der Waals surface area (Å²) < 4.78 is 26.8. The molecule has 12 nitrogen and oxygen atoms in total. The van der Waals surface area contributed by atoms with Crippen molar-refractivity contribution < 1.29 is 54.0 Å². The first-order chi connectivity index (χ1) is 16.7. The number of benzene rings is 2. The third-order valence-electron chi connectivity index (χ3n) is 5.67. The highest BCUT2D eigenvalue weighted by Gasteiger charge is 2.44. The molecule has 3 aromatic rings. The van der Waals surface area contributed by atoms with Crippen LogP contribution in [0.2, 0.25) is 0 Å². The summed E-state index contributed by atoms with van der Waals surface area (Å²) in [7, 11) is 2.67. The van der Waals surface area contributed by atoms with E-state index in [9.17, 15) is 35.4 Å². The van der Waals surface area contributed by atoms with Crippen LogP contribution < -0.4 is 19.6 Å². The number of rotatable bonds is 6. The monoisotopic (exact) mass is 492 g/mol. The molecule has 1 aromatic heterocycles. The summed E-state index contributed by atoms with van der Waals surface area (Å²) >= 11 is 0. The lowest BCUT2D eigenvalue weighted by Crippen LogP contribution is -2.60. The summed E-state index contributed by atoms with van der Waals surface area (Å²) in [5.74, 6) is -0.823. The van der Waals surface area contributed by atoms with Crippen LogP contribution in [0.25, 0.3) is 22.3 Å². The third-order valence-corrected chi connectivity index (χ3v) is 5.67. The van der Waals surface area contributed by atoms with Crippen molar-refractivity contribution in [3.8, 4) is 40.1 Å². The van der Waals surface area contributed by atoms with Crippen LogP contribution in [0.15, 0.2) is 39.5 Å². The Morgan fingerprint density at radius 1 is 0.943 bits per heavy atom. The molecule has 2 aromatic carbocycles. The fourth-order valence-corrected chi connectivity index (χ4v) is 3.81. The standard InChI is InChI=1S/C23H24O12/c1-31-15-7-14-17(19(28)22(15)32-2)11(26)6-13(33-14)9-3-4-12(10(25)5-9)34-23-21(30)20(29)18(27)16(8-24)35-23/h3-7,16,18,20-21,23-25,27-30H,8H2,1-2H3/t16-,18-,20+,21-,23?/m1/s1. The Morgan fingerprint density at radius 3 is 2.31 bits per heavy atom. The molecule has 0 saturated carbocycles. The van der Waals surface area contributed by atoms with E-state index in [1.165, 1.54) is 38.5 Å². The lowest BCUT2D eigenvalue weighted by molar-refractivity contribution is -0.277. The molecule has 1 unspecified atom stereocenters. The van der Waals surface area contributed by atoms with Crippen molar-refractivity contribution in [1.82, 2.24) is 0 Å². The molecule has 188 valence electrons. The molecule has 2 heterocycles. The van der Waals surface area contributed by atoms with Gasteiger partial charge in [0.05, 0.1) is 20.8 Å². The molecule has 4 rings (SSSR count). The molecular weight excluding hydrogens is 468 g/mol. The van der Waals surface area contributed by atoms with Crippen molar-refractivity contribution in [2.75, 3.05) is 20.8 Å². The van der Waals surface area contributed by atoms with E-state index in [-0.39, 0.29) is 39.5 Å². The average Bonchev–Trinajstić information content (AvgIpc) is 2.84. The van der Waals surface area contributed by atoms with Gasteiger partial charge in [0.25, 0.3) is 0 Å². The van der Waals surface area contributed by atoms with E-state index in [0.29, 0.717) is 0 Å². The number of methoxy groups -OCH3 is 2. The topological polar surface area (TPSA) is 189 Å². The van der Waals surface area contributed by atoms with Gasteiger partial charge in [-0.25, -0.2) is 0 Å². The van der Waals surface area contributed by atoms with E-state index in [1.54, 1.807) is 0 Å². The van der Waals surface area contributed by atoms with Crippen molar-refractivity contribution in [1.29, 1.82) is 0 Å². The summed E-state index contributed by atoms with van der Waals surface area (Å²) in [6, 6.07) is 6.49. The molecule has 0 bridgehead atoms. The molecule has 35 heavy (non-hydrogen) atoms. The fourth-order valence-electron chi connectivity index (χ4n) is 3.81. The maximum absolute atomic E-state index is 12.7. The second-order valence-corrected chi connectivity index (χ2v) is 7.81. The molecule has 1 saturated heterocycles. The van der Waals surface area contributed by atoms with Crippen LogP contribution in [0.4, 0.5) is 0 Å². The van der Waals surface area contributed by atoms with Gasteiger partial charge in [-0.05, 0) is 18.2 Å². The molecule has 1 fully saturated rings. The highest BCUT2D eigenvalue weighted by molar-refractivity contribution is 5.89. The first-order valence-corrected chi connectivity index (χ1v) is 10.4. The Bertz CT molecular complexity index is 1280. The summed E-state index contributed by atoms with van der Waals surface area (Å²) in [4.78, 5) is 12.7. The van der Waals surface area contributed by atoms with Gasteiger partial charge in [-0.15, -0.1) is 0 Å². The summed E-state index contributed by atoms with van der Waals surface area (Å²) in [5, 5.41) is 60.0. The van der Waals surface area contributed by atoms with Crippen molar-refractivity contribution in [2.24, 2.45) is 0 Å². The third kappa shape index (κ3) is 4.33. The van der Waals surface area contributed by atoms with Gasteiger partial charge in [0.2, 0.25) is 12.0 Å². The van der Waals surface area contributed by atoms with Gasteiger partial charge < -0.3 is 54.0 Å². The first kappa shape index (κ1) is 24.6. The molecule has 6 N–H and O–H groups in total. The van der Waals surface area contributed by atoms with Gasteiger partial charge in [-0.3, -0.25) is 4.79 Å². The SMILES string of the molecule is COc1cc2oc(-c3ccc(OC4O[C@H](CO)[C@@H](O)[C@H](O)[C@H]4O)c(O)c3)cc(=O)c2c(O)c1OC. The molecule has 0 aliphatic carbocycles. The van der Waals surface area contributed by atoms with Crippen LogP contribution in [0.3, 0.4) is 0 Å². The average molecular weight is 492 g/mol. The van der Waals surface area contributed by atoms with Gasteiger partial charge in [0.1, 0.15) is 41.1 Å². The second kappa shape index (κ2) is 9.60. The minimum atomic E-state index is -1.66. The summed E-state index contributed by atoms with van der Waals surface area (Å²) in [6.45, 7) is -0.636. The Kier molecular flexibility index (Phi) is 6.74. The maximum Gasteiger partial charge on any atom is 0.229 e. The van der Waals surface area contributed by atoms with Crippen molar-refractivity contribution in [3.63, 3.8) is 0 Å². The molecule has 1 aliphatic rings. The van der Waals surface area contributed by atoms with E-state index >= 15 is 0 Å². The number of aliphatic hydroxyl groups is 4. The molecule has 5 atom stereocenters. The Hall–Kier alpha value is -3.55. The zero-order valence-corrected chi connectivity index (χ0v) is 18.6. The van der Waals surface area contributed by atoms with Gasteiger partial charge in [0, 0.05) is 17.7 Å². The highest BCUT2D eigenvalue weighted by atomic mass is 16.7. The fraction of sp³-hybridized carbons (Fsp3) is 0.348. The van der Waals surface area contributed by atoms with Crippen LogP contribution in [-0.2, 0) is 4.74 Å². The van der Waals surface area contributed by atoms with E-state index in [2.05, 4.69) is 0 Å². The first-order valence-electron chi connectivity index (χ1n) is 10.4. The zero-order valence-electron chi connectivity index (χ0n) is 18.6. The number of ether oxygens (including phenoxy) is 4. The number of fused-ring (bicyclic) bond motifs is 1. The molecule has 12 heteroatoms. The van der Waals surface area contributed by atoms with E-state index < -0.39 is 54.2 Å². The number of aromatic hydroxyl groups is 2. The minimum Gasteiger partial charge on any atom is -0.504 e. The quantitative estimate of drug-likeness (QED) is 0.272. The van der Waals surface area contributed by atoms with Crippen LogP contribution in [0.5, 0.6) is 28.7 Å². The molecule has 1 aliphatic heterocycles. The highest BCUT2D eigenvalue weighted by Crippen LogP contribution is 2.42. The van der Waals surface area contributed by atoms with Gasteiger partial charge in [-0.2, -0.15) is 0 Å². The molecule has 0 radical (unpaired) electrons. The van der Waals surface area contributed by atoms with Crippen LogP contribution in [0, 0.1) is 0 Å². The summed E-state index contributed by atoms with van der Waals surface area (Å²) in [6.07, 6.45) is -7.54. The predicted molar refractivity (Wildman–Crippen MR) is 119 cm³/mol. The number of hydrogen-bond acceptors (Lipinski definition) is 12. The zero-order chi connectivity index (χ0) is 25.4. The van der Waals surface area contributed by atoms with Crippen LogP contribution in [0.1, 0.15) is 0 Å². The summed E-state index contributed by atoms with van der Waals surface area (Å²) in [5.41, 5.74) is -0.276. The number of hydrogen-bond donors (Lipinski definition) is 6. The van der Waals surface area contributed by atoms with Crippen molar-refractivity contribution >= 4 is 11.0 Å². The maximum atomic E-state index is 12.7. The van der Waals surface area contributed by atoms with Crippen molar-refractivity contribution in [2.45, 2.75) is 30.7 Å². The van der Waals surface area contributed by atoms with E-state index in [0.717, 1.165) is 6.07 Å². The van der Waals surface area contributed by atoms with Gasteiger partial charge in [0.15, 0.2) is 28.4 Å². The number of phenols is 2. The Morgan fingerprint density at radius 2 is 1.69 bits per heavy atom. The normalized spacial score (nSPS) is 24.3. The number of aliphatic hydroxyl groups excluding tert-OH is 4. The largest absolute Gasteiger partial charge is 0.504 e. The van der Waals surface area contributed by atoms with Crippen molar-refractivity contribution in [3.05, 3.63) is 40.6 Å². The molecular formula is C23H24O12. The Balaban J connectivity index is 1.67. The van der Waals surface area contributed by atoms with Crippen LogP contribution in [-0.4, -0.2) is 82.2 Å².